The second-order valence-electron chi connectivity index (χ2n) is 5.05. The van der Waals surface area contributed by atoms with Crippen molar-refractivity contribution < 1.29 is 4.74 Å². The van der Waals surface area contributed by atoms with Gasteiger partial charge in [0.2, 0.25) is 0 Å². The summed E-state index contributed by atoms with van der Waals surface area (Å²) in [5.41, 5.74) is 0. The standard InChI is InChI=1S/C14H29NO/c1-3-11-16-12-10-14(15-2)13-8-6-4-5-7-9-13/h13-15H,3-12H2,1-2H3. The number of nitrogens with one attached hydrogen (secondary N) is 1. The molecule has 1 aliphatic rings. The van der Waals surface area contributed by atoms with E-state index in [-0.39, 0.29) is 0 Å². The van der Waals surface area contributed by atoms with E-state index in [1.807, 2.05) is 0 Å². The first-order valence-electron chi connectivity index (χ1n) is 7.13. The summed E-state index contributed by atoms with van der Waals surface area (Å²) in [6.07, 6.45) is 10.9. The maximum atomic E-state index is 5.60. The summed E-state index contributed by atoms with van der Waals surface area (Å²) in [4.78, 5) is 0. The van der Waals surface area contributed by atoms with Gasteiger partial charge in [0.05, 0.1) is 0 Å². The molecule has 0 spiro atoms. The largest absolute Gasteiger partial charge is 0.381 e. The zero-order valence-corrected chi connectivity index (χ0v) is 11.1. The topological polar surface area (TPSA) is 21.3 Å². The summed E-state index contributed by atoms with van der Waals surface area (Å²) < 4.78 is 5.60. The molecule has 0 aliphatic heterocycles. The van der Waals surface area contributed by atoms with Gasteiger partial charge in [-0.25, -0.2) is 0 Å². The van der Waals surface area contributed by atoms with Crippen LogP contribution in [0.4, 0.5) is 0 Å². The highest BCUT2D eigenvalue weighted by molar-refractivity contribution is 4.77. The Hall–Kier alpha value is -0.0800. The van der Waals surface area contributed by atoms with Gasteiger partial charge < -0.3 is 10.1 Å². The van der Waals surface area contributed by atoms with Crippen LogP contribution in [0.1, 0.15) is 58.3 Å². The predicted octanol–water partition coefficient (Wildman–Crippen LogP) is 3.36. The van der Waals surface area contributed by atoms with Crippen LogP contribution in [0.25, 0.3) is 0 Å². The highest BCUT2D eigenvalue weighted by atomic mass is 16.5. The van der Waals surface area contributed by atoms with Crippen LogP contribution < -0.4 is 5.32 Å². The lowest BCUT2D eigenvalue weighted by Gasteiger charge is -2.25. The molecular weight excluding hydrogens is 198 g/mol. The third-order valence-electron chi connectivity index (χ3n) is 3.76. The van der Waals surface area contributed by atoms with Crippen molar-refractivity contribution in [1.82, 2.24) is 5.32 Å². The summed E-state index contributed by atoms with van der Waals surface area (Å²) in [5.74, 6) is 0.887. The van der Waals surface area contributed by atoms with Crippen molar-refractivity contribution in [2.24, 2.45) is 5.92 Å². The van der Waals surface area contributed by atoms with Crippen LogP contribution in [-0.4, -0.2) is 26.3 Å². The average Bonchev–Trinajstić information content (AvgIpc) is 2.58. The van der Waals surface area contributed by atoms with Crippen LogP contribution in [0.2, 0.25) is 0 Å². The molecule has 0 amide bonds. The summed E-state index contributed by atoms with van der Waals surface area (Å²) in [6.45, 7) is 4.01. The van der Waals surface area contributed by atoms with Crippen molar-refractivity contribution in [2.75, 3.05) is 20.3 Å². The predicted molar refractivity (Wildman–Crippen MR) is 69.8 cm³/mol. The minimum absolute atomic E-state index is 0.676. The Bertz CT molecular complexity index is 153. The van der Waals surface area contributed by atoms with E-state index in [1.165, 1.54) is 44.9 Å². The van der Waals surface area contributed by atoms with E-state index < -0.39 is 0 Å². The van der Waals surface area contributed by atoms with Gasteiger partial charge in [-0.15, -0.1) is 0 Å². The Kier molecular flexibility index (Phi) is 7.87. The van der Waals surface area contributed by atoms with Crippen molar-refractivity contribution in [3.8, 4) is 0 Å². The minimum Gasteiger partial charge on any atom is -0.381 e. The van der Waals surface area contributed by atoms with Crippen molar-refractivity contribution in [1.29, 1.82) is 0 Å². The highest BCUT2D eigenvalue weighted by Crippen LogP contribution is 2.26. The van der Waals surface area contributed by atoms with Crippen LogP contribution >= 0.6 is 0 Å². The van der Waals surface area contributed by atoms with Crippen LogP contribution in [-0.2, 0) is 4.74 Å². The second kappa shape index (κ2) is 9.00. The molecule has 0 heterocycles. The lowest BCUT2D eigenvalue weighted by Crippen LogP contribution is -2.34. The van der Waals surface area contributed by atoms with Gasteiger partial charge in [0.15, 0.2) is 0 Å². The molecule has 2 nitrogen and oxygen atoms in total. The Labute approximate surface area is 101 Å². The van der Waals surface area contributed by atoms with E-state index in [9.17, 15) is 0 Å². The molecule has 0 aromatic heterocycles. The third-order valence-corrected chi connectivity index (χ3v) is 3.76. The fourth-order valence-electron chi connectivity index (χ4n) is 2.79. The molecule has 0 saturated heterocycles. The first-order chi connectivity index (χ1) is 7.88. The molecule has 1 fully saturated rings. The molecule has 1 unspecified atom stereocenters. The Morgan fingerprint density at radius 2 is 1.81 bits per heavy atom. The normalized spacial score (nSPS) is 20.6. The average molecular weight is 227 g/mol. The Balaban J connectivity index is 2.22. The van der Waals surface area contributed by atoms with E-state index in [0.717, 1.165) is 25.6 Å². The molecule has 1 N–H and O–H groups in total. The monoisotopic (exact) mass is 227 g/mol. The second-order valence-corrected chi connectivity index (χ2v) is 5.05. The zero-order chi connectivity index (χ0) is 11.6. The molecule has 16 heavy (non-hydrogen) atoms. The SMILES string of the molecule is CCCOCCC(NC)C1CCCCCC1. The minimum atomic E-state index is 0.676. The van der Waals surface area contributed by atoms with Gasteiger partial charge in [0.25, 0.3) is 0 Å². The fourth-order valence-corrected chi connectivity index (χ4v) is 2.79. The molecule has 0 aromatic rings. The number of rotatable bonds is 7. The summed E-state index contributed by atoms with van der Waals surface area (Å²) in [6, 6.07) is 0.676. The lowest BCUT2D eigenvalue weighted by atomic mass is 9.90. The van der Waals surface area contributed by atoms with Gasteiger partial charge in [0, 0.05) is 19.3 Å². The first kappa shape index (κ1) is 14.0. The fraction of sp³-hybridized carbons (Fsp3) is 1.00. The van der Waals surface area contributed by atoms with E-state index in [0.29, 0.717) is 6.04 Å². The zero-order valence-electron chi connectivity index (χ0n) is 11.1. The summed E-state index contributed by atoms with van der Waals surface area (Å²) >= 11 is 0. The summed E-state index contributed by atoms with van der Waals surface area (Å²) in [7, 11) is 2.11. The first-order valence-corrected chi connectivity index (χ1v) is 7.13. The molecule has 96 valence electrons. The van der Waals surface area contributed by atoms with Crippen molar-refractivity contribution >= 4 is 0 Å². The Morgan fingerprint density at radius 3 is 2.38 bits per heavy atom. The van der Waals surface area contributed by atoms with Gasteiger partial charge >= 0.3 is 0 Å². The lowest BCUT2D eigenvalue weighted by molar-refractivity contribution is 0.117. The van der Waals surface area contributed by atoms with Crippen LogP contribution in [0.3, 0.4) is 0 Å². The number of hydrogen-bond donors (Lipinski definition) is 1. The molecule has 1 saturated carbocycles. The van der Waals surface area contributed by atoms with Crippen molar-refractivity contribution in [3.05, 3.63) is 0 Å². The van der Waals surface area contributed by atoms with Crippen molar-refractivity contribution in [2.45, 2.75) is 64.3 Å². The van der Waals surface area contributed by atoms with Gasteiger partial charge in [-0.2, -0.15) is 0 Å². The third kappa shape index (κ3) is 5.31. The van der Waals surface area contributed by atoms with Gasteiger partial charge in [-0.05, 0) is 38.6 Å². The molecule has 0 aromatic carbocycles. The summed E-state index contributed by atoms with van der Waals surface area (Å²) in [5, 5.41) is 3.50. The Morgan fingerprint density at radius 1 is 1.12 bits per heavy atom. The van der Waals surface area contributed by atoms with Crippen molar-refractivity contribution in [3.63, 3.8) is 0 Å². The van der Waals surface area contributed by atoms with E-state index >= 15 is 0 Å². The van der Waals surface area contributed by atoms with E-state index in [4.69, 9.17) is 4.74 Å². The maximum Gasteiger partial charge on any atom is 0.0480 e. The van der Waals surface area contributed by atoms with E-state index in [1.54, 1.807) is 0 Å². The number of ether oxygens (including phenoxy) is 1. The number of hydrogen-bond acceptors (Lipinski definition) is 2. The van der Waals surface area contributed by atoms with Gasteiger partial charge in [0.1, 0.15) is 0 Å². The molecule has 1 aliphatic carbocycles. The molecule has 0 radical (unpaired) electrons. The highest BCUT2D eigenvalue weighted by Gasteiger charge is 2.20. The van der Waals surface area contributed by atoms with Crippen LogP contribution in [0.15, 0.2) is 0 Å². The van der Waals surface area contributed by atoms with Crippen LogP contribution in [0.5, 0.6) is 0 Å². The molecule has 2 heteroatoms. The van der Waals surface area contributed by atoms with Gasteiger partial charge in [-0.3, -0.25) is 0 Å². The maximum absolute atomic E-state index is 5.60. The molecule has 0 bridgehead atoms. The molecular formula is C14H29NO. The van der Waals surface area contributed by atoms with Crippen LogP contribution in [0, 0.1) is 5.92 Å². The van der Waals surface area contributed by atoms with E-state index in [2.05, 4.69) is 19.3 Å². The van der Waals surface area contributed by atoms with Gasteiger partial charge in [-0.1, -0.05) is 32.6 Å². The molecule has 1 atom stereocenters. The smallest absolute Gasteiger partial charge is 0.0480 e. The quantitative estimate of drug-likeness (QED) is 0.532. The molecule has 1 rings (SSSR count).